The highest BCUT2D eigenvalue weighted by molar-refractivity contribution is 6.30. The van der Waals surface area contributed by atoms with E-state index in [-0.39, 0.29) is 5.69 Å². The van der Waals surface area contributed by atoms with Gasteiger partial charge in [0, 0.05) is 17.6 Å². The lowest BCUT2D eigenvalue weighted by Crippen LogP contribution is -2.25. The van der Waals surface area contributed by atoms with Crippen LogP contribution in [-0.2, 0) is 17.5 Å². The zero-order valence-electron chi connectivity index (χ0n) is 15.0. The summed E-state index contributed by atoms with van der Waals surface area (Å²) in [7, 11) is 0. The van der Waals surface area contributed by atoms with Gasteiger partial charge in [0.05, 0.1) is 17.8 Å². The van der Waals surface area contributed by atoms with Crippen LogP contribution < -0.4 is 5.32 Å². The van der Waals surface area contributed by atoms with Crippen LogP contribution in [0.3, 0.4) is 0 Å². The number of aryl methyl sites for hydroxylation is 1. The zero-order valence-corrected chi connectivity index (χ0v) is 15.8. The van der Waals surface area contributed by atoms with Gasteiger partial charge in [-0.1, -0.05) is 23.7 Å². The first-order valence-electron chi connectivity index (χ1n) is 8.34. The Morgan fingerprint density at radius 3 is 2.68 bits per heavy atom. The maximum Gasteiger partial charge on any atom is 0.435 e. The Bertz CT molecular complexity index is 995. The molecular formula is C18H17ClF3N5O. The number of nitrogens with one attached hydrogen (secondary N) is 1. The van der Waals surface area contributed by atoms with Crippen LogP contribution in [0.15, 0.2) is 42.7 Å². The molecule has 0 radical (unpaired) electrons. The first-order valence-corrected chi connectivity index (χ1v) is 8.72. The molecule has 0 aliphatic carbocycles. The first kappa shape index (κ1) is 19.9. The molecule has 0 saturated heterocycles. The van der Waals surface area contributed by atoms with Gasteiger partial charge >= 0.3 is 6.18 Å². The maximum absolute atomic E-state index is 12.8. The molecule has 6 nitrogen and oxygen atoms in total. The number of hydrogen-bond acceptors (Lipinski definition) is 3. The van der Waals surface area contributed by atoms with Gasteiger partial charge < -0.3 is 5.32 Å². The number of aromatic nitrogens is 4. The summed E-state index contributed by atoms with van der Waals surface area (Å²) < 4.78 is 41.2. The molecule has 3 aromatic rings. The van der Waals surface area contributed by atoms with Gasteiger partial charge in [0.15, 0.2) is 5.69 Å². The smallest absolute Gasteiger partial charge is 0.324 e. The summed E-state index contributed by atoms with van der Waals surface area (Å²) in [5.74, 6) is -0.473. The summed E-state index contributed by atoms with van der Waals surface area (Å²) in [4.78, 5) is 12.5. The van der Waals surface area contributed by atoms with Crippen LogP contribution in [0, 0.1) is 6.92 Å². The van der Waals surface area contributed by atoms with Gasteiger partial charge in [0.25, 0.3) is 0 Å². The standard InChI is InChI=1S/C18H17ClF3N5O/c1-11-6-16(18(20,21)22)25-27(11)12(2)17(28)24-15-5-3-4-13(7-15)9-26-10-14(19)8-23-26/h3-8,10,12H,9H2,1-2H3,(H,24,28). The molecule has 0 aliphatic rings. The van der Waals surface area contributed by atoms with Crippen molar-refractivity contribution in [2.75, 3.05) is 5.32 Å². The topological polar surface area (TPSA) is 64.7 Å². The maximum atomic E-state index is 12.8. The van der Waals surface area contributed by atoms with Gasteiger partial charge in [-0.15, -0.1) is 0 Å². The number of nitrogens with zero attached hydrogens (tertiary/aromatic N) is 4. The minimum atomic E-state index is -4.56. The molecular weight excluding hydrogens is 395 g/mol. The number of rotatable bonds is 5. The highest BCUT2D eigenvalue weighted by Crippen LogP contribution is 2.29. The highest BCUT2D eigenvalue weighted by atomic mass is 35.5. The minimum absolute atomic E-state index is 0.249. The van der Waals surface area contributed by atoms with E-state index in [4.69, 9.17) is 11.6 Å². The Balaban J connectivity index is 1.72. The quantitative estimate of drug-likeness (QED) is 0.680. The largest absolute Gasteiger partial charge is 0.435 e. The van der Waals surface area contributed by atoms with E-state index in [0.717, 1.165) is 16.3 Å². The Hall–Kier alpha value is -2.81. The van der Waals surface area contributed by atoms with Crippen LogP contribution in [0.2, 0.25) is 5.02 Å². The van der Waals surface area contributed by atoms with Crippen molar-refractivity contribution in [3.05, 3.63) is 64.7 Å². The second kappa shape index (κ2) is 7.67. The number of hydrogen-bond donors (Lipinski definition) is 1. The molecule has 1 N–H and O–H groups in total. The third kappa shape index (κ3) is 4.53. The number of amides is 1. The van der Waals surface area contributed by atoms with Crippen molar-refractivity contribution in [2.45, 2.75) is 32.6 Å². The number of alkyl halides is 3. The minimum Gasteiger partial charge on any atom is -0.324 e. The van der Waals surface area contributed by atoms with Gasteiger partial charge in [-0.05, 0) is 37.6 Å². The van der Waals surface area contributed by atoms with E-state index in [1.165, 1.54) is 20.0 Å². The lowest BCUT2D eigenvalue weighted by molar-refractivity contribution is -0.141. The molecule has 3 rings (SSSR count). The molecule has 2 aromatic heterocycles. The fourth-order valence-electron chi connectivity index (χ4n) is 2.74. The summed E-state index contributed by atoms with van der Waals surface area (Å²) in [5.41, 5.74) is 0.622. The van der Waals surface area contributed by atoms with Crippen LogP contribution in [0.1, 0.15) is 29.9 Å². The Kier molecular flexibility index (Phi) is 5.46. The predicted octanol–water partition coefficient (Wildman–Crippen LogP) is 4.31. The molecule has 1 atom stereocenters. The van der Waals surface area contributed by atoms with Crippen molar-refractivity contribution in [3.8, 4) is 0 Å². The molecule has 1 aromatic carbocycles. The van der Waals surface area contributed by atoms with Crippen molar-refractivity contribution in [2.24, 2.45) is 0 Å². The predicted molar refractivity (Wildman–Crippen MR) is 98.1 cm³/mol. The molecule has 148 valence electrons. The van der Waals surface area contributed by atoms with Crippen molar-refractivity contribution in [1.29, 1.82) is 0 Å². The Morgan fingerprint density at radius 2 is 2.07 bits per heavy atom. The van der Waals surface area contributed by atoms with Gasteiger partial charge in [-0.3, -0.25) is 14.2 Å². The molecule has 10 heteroatoms. The van der Waals surface area contributed by atoms with Gasteiger partial charge in [0.2, 0.25) is 5.91 Å². The van der Waals surface area contributed by atoms with Crippen molar-refractivity contribution < 1.29 is 18.0 Å². The number of carbonyl (C=O) groups is 1. The van der Waals surface area contributed by atoms with Gasteiger partial charge in [-0.2, -0.15) is 23.4 Å². The monoisotopic (exact) mass is 411 g/mol. The van der Waals surface area contributed by atoms with Gasteiger partial charge in [-0.25, -0.2) is 0 Å². The average Bonchev–Trinajstić information content (AvgIpc) is 3.20. The van der Waals surface area contributed by atoms with Crippen LogP contribution in [0.25, 0.3) is 0 Å². The second-order valence-corrected chi connectivity index (χ2v) is 6.77. The van der Waals surface area contributed by atoms with Crippen LogP contribution in [0.4, 0.5) is 18.9 Å². The van der Waals surface area contributed by atoms with E-state index in [1.807, 2.05) is 6.07 Å². The first-order chi connectivity index (χ1) is 13.1. The number of halogens is 4. The molecule has 28 heavy (non-hydrogen) atoms. The van der Waals surface area contributed by atoms with Crippen LogP contribution in [-0.4, -0.2) is 25.5 Å². The fraction of sp³-hybridized carbons (Fsp3) is 0.278. The zero-order chi connectivity index (χ0) is 20.5. The summed E-state index contributed by atoms with van der Waals surface area (Å²) in [6.07, 6.45) is -1.36. The van der Waals surface area contributed by atoms with E-state index >= 15 is 0 Å². The fourth-order valence-corrected chi connectivity index (χ4v) is 2.89. The van der Waals surface area contributed by atoms with Crippen molar-refractivity contribution in [3.63, 3.8) is 0 Å². The second-order valence-electron chi connectivity index (χ2n) is 6.34. The van der Waals surface area contributed by atoms with E-state index in [9.17, 15) is 18.0 Å². The highest BCUT2D eigenvalue weighted by Gasteiger charge is 2.35. The molecule has 0 spiro atoms. The average molecular weight is 412 g/mol. The van der Waals surface area contributed by atoms with Crippen LogP contribution >= 0.6 is 11.6 Å². The summed E-state index contributed by atoms with van der Waals surface area (Å²) in [6, 6.07) is 7.09. The third-order valence-electron chi connectivity index (χ3n) is 4.10. The third-order valence-corrected chi connectivity index (χ3v) is 4.30. The van der Waals surface area contributed by atoms with E-state index in [2.05, 4.69) is 15.5 Å². The molecule has 0 aliphatic heterocycles. The summed E-state index contributed by atoms with van der Waals surface area (Å²) >= 11 is 5.84. The molecule has 1 amide bonds. The van der Waals surface area contributed by atoms with Crippen molar-refractivity contribution in [1.82, 2.24) is 19.6 Å². The van der Waals surface area contributed by atoms with E-state index in [0.29, 0.717) is 17.3 Å². The molecule has 0 fully saturated rings. The van der Waals surface area contributed by atoms with E-state index in [1.54, 1.807) is 29.1 Å². The van der Waals surface area contributed by atoms with Crippen LogP contribution in [0.5, 0.6) is 0 Å². The Labute approximate surface area is 163 Å². The van der Waals surface area contributed by atoms with Crippen molar-refractivity contribution >= 4 is 23.2 Å². The van der Waals surface area contributed by atoms with E-state index < -0.39 is 23.8 Å². The summed E-state index contributed by atoms with van der Waals surface area (Å²) in [5, 5.41) is 10.9. The molecule has 1 unspecified atom stereocenters. The lowest BCUT2D eigenvalue weighted by Gasteiger charge is -2.15. The summed E-state index contributed by atoms with van der Waals surface area (Å²) in [6.45, 7) is 3.42. The lowest BCUT2D eigenvalue weighted by atomic mass is 10.2. The number of benzene rings is 1. The number of carbonyl (C=O) groups excluding carboxylic acids is 1. The van der Waals surface area contributed by atoms with Gasteiger partial charge in [0.1, 0.15) is 6.04 Å². The molecule has 2 heterocycles. The normalized spacial score (nSPS) is 12.8. The SMILES string of the molecule is Cc1cc(C(F)(F)F)nn1C(C)C(=O)Nc1cccc(Cn2cc(Cl)cn2)c1. The number of anilines is 1. The Morgan fingerprint density at radius 1 is 1.32 bits per heavy atom. The molecule has 0 saturated carbocycles. The molecule has 0 bridgehead atoms.